The Kier molecular flexibility index (Phi) is 5.68. The van der Waals surface area contributed by atoms with Crippen LogP contribution in [0.1, 0.15) is 22.2 Å². The van der Waals surface area contributed by atoms with Crippen LogP contribution in [0.15, 0.2) is 40.2 Å². The number of benzene rings is 1. The number of hydrogen-bond acceptors (Lipinski definition) is 4. The van der Waals surface area contributed by atoms with E-state index in [9.17, 15) is 14.0 Å². The van der Waals surface area contributed by atoms with Crippen molar-refractivity contribution in [2.75, 3.05) is 0 Å². The van der Waals surface area contributed by atoms with Gasteiger partial charge < -0.3 is 10.1 Å². The molecule has 1 aromatic carbocycles. The summed E-state index contributed by atoms with van der Waals surface area (Å²) < 4.78 is 19.1. The second kappa shape index (κ2) is 7.51. The van der Waals surface area contributed by atoms with Crippen LogP contribution in [0.4, 0.5) is 4.39 Å². The fourth-order valence-corrected chi connectivity index (χ4v) is 2.67. The van der Waals surface area contributed by atoms with E-state index in [1.54, 1.807) is 0 Å². The number of ether oxygens (including phenoxy) is 1. The second-order valence-electron chi connectivity index (χ2n) is 4.47. The number of rotatable bonds is 5. The van der Waals surface area contributed by atoms with Crippen molar-refractivity contribution in [3.8, 4) is 0 Å². The van der Waals surface area contributed by atoms with E-state index >= 15 is 0 Å². The van der Waals surface area contributed by atoms with E-state index in [2.05, 4.69) is 21.2 Å². The molecule has 0 saturated carbocycles. The highest BCUT2D eigenvalue weighted by molar-refractivity contribution is 9.10. The van der Waals surface area contributed by atoms with Crippen molar-refractivity contribution in [3.63, 3.8) is 0 Å². The Morgan fingerprint density at radius 3 is 2.86 bits per heavy atom. The normalized spacial score (nSPS) is 11.8. The Morgan fingerprint density at radius 2 is 2.18 bits per heavy atom. The van der Waals surface area contributed by atoms with Crippen molar-refractivity contribution in [2.24, 2.45) is 0 Å². The minimum Gasteiger partial charge on any atom is -0.449 e. The summed E-state index contributed by atoms with van der Waals surface area (Å²) in [7, 11) is 0. The Balaban J connectivity index is 1.92. The Labute approximate surface area is 139 Å². The number of carbonyl (C=O) groups is 2. The smallest absolute Gasteiger partial charge is 0.341 e. The van der Waals surface area contributed by atoms with Gasteiger partial charge in [-0.2, -0.15) is 0 Å². The molecule has 1 aromatic heterocycles. The molecule has 0 aliphatic heterocycles. The quantitative estimate of drug-likeness (QED) is 0.801. The van der Waals surface area contributed by atoms with Gasteiger partial charge in [0.15, 0.2) is 6.10 Å². The zero-order chi connectivity index (χ0) is 16.1. The summed E-state index contributed by atoms with van der Waals surface area (Å²) in [6, 6.07) is 7.71. The molecule has 0 radical (unpaired) electrons. The average molecular weight is 386 g/mol. The topological polar surface area (TPSA) is 55.4 Å². The lowest BCUT2D eigenvalue weighted by Crippen LogP contribution is -2.35. The van der Waals surface area contributed by atoms with Crippen LogP contribution in [0, 0.1) is 5.82 Å². The van der Waals surface area contributed by atoms with E-state index in [1.807, 2.05) is 17.5 Å². The molecule has 2 rings (SSSR count). The van der Waals surface area contributed by atoms with Crippen molar-refractivity contribution < 1.29 is 18.7 Å². The Bertz CT molecular complexity index is 675. The first-order valence-electron chi connectivity index (χ1n) is 6.43. The van der Waals surface area contributed by atoms with Crippen LogP contribution in [0.5, 0.6) is 0 Å². The lowest BCUT2D eigenvalue weighted by atomic mass is 10.2. The maximum atomic E-state index is 13.6. The maximum Gasteiger partial charge on any atom is 0.341 e. The molecule has 1 N–H and O–H groups in total. The summed E-state index contributed by atoms with van der Waals surface area (Å²) in [5, 5.41) is 4.56. The van der Waals surface area contributed by atoms with E-state index in [4.69, 9.17) is 4.74 Å². The van der Waals surface area contributed by atoms with Crippen molar-refractivity contribution in [3.05, 3.63) is 56.4 Å². The maximum absolute atomic E-state index is 13.6. The van der Waals surface area contributed by atoms with Crippen molar-refractivity contribution in [2.45, 2.75) is 19.6 Å². The van der Waals surface area contributed by atoms with Crippen molar-refractivity contribution in [1.82, 2.24) is 5.32 Å². The lowest BCUT2D eigenvalue weighted by molar-refractivity contribution is -0.129. The first kappa shape index (κ1) is 16.6. The van der Waals surface area contributed by atoms with E-state index in [-0.39, 0.29) is 5.56 Å². The molecule has 7 heteroatoms. The molecule has 1 amide bonds. The van der Waals surface area contributed by atoms with E-state index in [0.29, 0.717) is 11.0 Å². The number of nitrogens with one attached hydrogen (secondary N) is 1. The zero-order valence-corrected chi connectivity index (χ0v) is 14.0. The predicted octanol–water partition coefficient (Wildman–Crippen LogP) is 3.51. The van der Waals surface area contributed by atoms with Crippen LogP contribution in [0.2, 0.25) is 0 Å². The summed E-state index contributed by atoms with van der Waals surface area (Å²) in [6.07, 6.45) is -1.01. The van der Waals surface area contributed by atoms with Crippen LogP contribution in [-0.4, -0.2) is 18.0 Å². The van der Waals surface area contributed by atoms with Gasteiger partial charge in [0, 0.05) is 9.35 Å². The summed E-state index contributed by atoms with van der Waals surface area (Å²) in [5.41, 5.74) is -0.215. The van der Waals surface area contributed by atoms with Crippen LogP contribution >= 0.6 is 27.3 Å². The fourth-order valence-electron chi connectivity index (χ4n) is 1.66. The third kappa shape index (κ3) is 4.38. The molecule has 0 aliphatic rings. The molecule has 1 atom stereocenters. The van der Waals surface area contributed by atoms with Crippen molar-refractivity contribution in [1.29, 1.82) is 0 Å². The SMILES string of the molecule is C[C@H](OC(=O)c1cc(Br)ccc1F)C(=O)NCc1cccs1. The largest absolute Gasteiger partial charge is 0.449 e. The molecule has 0 aliphatic carbocycles. The number of carbonyl (C=O) groups excluding carboxylic acids is 2. The molecular formula is C15H13BrFNO3S. The van der Waals surface area contributed by atoms with Gasteiger partial charge in [-0.05, 0) is 36.6 Å². The van der Waals surface area contributed by atoms with Gasteiger partial charge in [-0.25, -0.2) is 9.18 Å². The van der Waals surface area contributed by atoms with Gasteiger partial charge in [0.1, 0.15) is 5.82 Å². The molecule has 0 unspecified atom stereocenters. The minimum atomic E-state index is -1.01. The lowest BCUT2D eigenvalue weighted by Gasteiger charge is -2.13. The fraction of sp³-hybridized carbons (Fsp3) is 0.200. The van der Waals surface area contributed by atoms with E-state index < -0.39 is 23.8 Å². The summed E-state index contributed by atoms with van der Waals surface area (Å²) in [6.45, 7) is 1.81. The third-order valence-corrected chi connectivity index (χ3v) is 4.19. The first-order chi connectivity index (χ1) is 10.5. The number of thiophene rings is 1. The zero-order valence-electron chi connectivity index (χ0n) is 11.6. The van der Waals surface area contributed by atoms with Gasteiger partial charge in [-0.15, -0.1) is 11.3 Å². The highest BCUT2D eigenvalue weighted by atomic mass is 79.9. The molecule has 0 saturated heterocycles. The number of esters is 1. The number of hydrogen-bond donors (Lipinski definition) is 1. The van der Waals surface area contributed by atoms with Gasteiger partial charge in [-0.3, -0.25) is 4.79 Å². The van der Waals surface area contributed by atoms with Crippen molar-refractivity contribution >= 4 is 39.1 Å². The Hall–Kier alpha value is -1.73. The number of amides is 1. The van der Waals surface area contributed by atoms with Crippen LogP contribution < -0.4 is 5.32 Å². The monoisotopic (exact) mass is 385 g/mol. The third-order valence-electron chi connectivity index (χ3n) is 2.82. The molecule has 116 valence electrons. The van der Waals surface area contributed by atoms with Gasteiger partial charge in [-0.1, -0.05) is 22.0 Å². The summed E-state index contributed by atoms with van der Waals surface area (Å²) >= 11 is 4.67. The predicted molar refractivity (Wildman–Crippen MR) is 85.1 cm³/mol. The van der Waals surface area contributed by atoms with Crippen LogP contribution in [0.3, 0.4) is 0 Å². The average Bonchev–Trinajstić information content (AvgIpc) is 3.00. The van der Waals surface area contributed by atoms with Gasteiger partial charge >= 0.3 is 5.97 Å². The highest BCUT2D eigenvalue weighted by Crippen LogP contribution is 2.17. The van der Waals surface area contributed by atoms with E-state index in [0.717, 1.165) is 10.9 Å². The standard InChI is InChI=1S/C15H13BrFNO3S/c1-9(14(19)18-8-11-3-2-6-22-11)21-15(20)12-7-10(16)4-5-13(12)17/h2-7,9H,8H2,1H3,(H,18,19)/t9-/m0/s1. The van der Waals surface area contributed by atoms with Gasteiger partial charge in [0.05, 0.1) is 12.1 Å². The highest BCUT2D eigenvalue weighted by Gasteiger charge is 2.21. The molecule has 1 heterocycles. The van der Waals surface area contributed by atoms with Crippen LogP contribution in [0.25, 0.3) is 0 Å². The molecule has 4 nitrogen and oxygen atoms in total. The molecule has 0 spiro atoms. The number of halogens is 2. The molecule has 2 aromatic rings. The molecule has 0 fully saturated rings. The van der Waals surface area contributed by atoms with Gasteiger partial charge in [0.25, 0.3) is 5.91 Å². The molecular weight excluding hydrogens is 373 g/mol. The van der Waals surface area contributed by atoms with E-state index in [1.165, 1.54) is 30.4 Å². The Morgan fingerprint density at radius 1 is 1.41 bits per heavy atom. The second-order valence-corrected chi connectivity index (χ2v) is 6.42. The summed E-state index contributed by atoms with van der Waals surface area (Å²) in [4.78, 5) is 24.8. The van der Waals surface area contributed by atoms with Crippen LogP contribution in [-0.2, 0) is 16.1 Å². The molecule has 22 heavy (non-hydrogen) atoms. The van der Waals surface area contributed by atoms with Gasteiger partial charge in [0.2, 0.25) is 0 Å². The minimum absolute atomic E-state index is 0.215. The first-order valence-corrected chi connectivity index (χ1v) is 8.11. The summed E-state index contributed by atoms with van der Waals surface area (Å²) in [5.74, 6) is -2.01. The molecule has 0 bridgehead atoms.